The number of benzene rings is 1. The van der Waals surface area contributed by atoms with Crippen molar-refractivity contribution in [3.8, 4) is 0 Å². The molecule has 0 bridgehead atoms. The number of hydrogen-bond donors (Lipinski definition) is 2. The lowest BCUT2D eigenvalue weighted by Crippen LogP contribution is -2.07. The summed E-state index contributed by atoms with van der Waals surface area (Å²) in [5.74, 6) is 0.540. The predicted molar refractivity (Wildman–Crippen MR) is 72.9 cm³/mol. The Morgan fingerprint density at radius 3 is 2.75 bits per heavy atom. The quantitative estimate of drug-likeness (QED) is 0.880. The first-order chi connectivity index (χ1) is 7.63. The van der Waals surface area contributed by atoms with Crippen LogP contribution in [0.5, 0.6) is 0 Å². The highest BCUT2D eigenvalue weighted by atomic mass is 79.9. The molecule has 2 rings (SSSR count). The first-order valence-corrected chi connectivity index (χ1v) is 6.37. The third-order valence-electron chi connectivity index (χ3n) is 2.81. The van der Waals surface area contributed by atoms with Crippen molar-refractivity contribution in [3.05, 3.63) is 33.9 Å². The molecule has 1 aromatic carbocycles. The Morgan fingerprint density at radius 1 is 1.38 bits per heavy atom. The summed E-state index contributed by atoms with van der Waals surface area (Å²) in [4.78, 5) is 3.49. The molecule has 1 aromatic heterocycles. The minimum Gasteiger partial charge on any atom is -0.357 e. The third-order valence-corrected chi connectivity index (χ3v) is 3.31. The van der Waals surface area contributed by atoms with Gasteiger partial charge in [0.05, 0.1) is 0 Å². The molecular formula is C13H17BrN2. The van der Waals surface area contributed by atoms with Crippen LogP contribution in [0.4, 0.5) is 0 Å². The topological polar surface area (TPSA) is 27.8 Å². The van der Waals surface area contributed by atoms with Crippen LogP contribution in [0.15, 0.2) is 22.7 Å². The van der Waals surface area contributed by atoms with E-state index >= 15 is 0 Å². The smallest absolute Gasteiger partial charge is 0.0470 e. The van der Waals surface area contributed by atoms with Gasteiger partial charge in [0.25, 0.3) is 0 Å². The molecule has 0 aliphatic carbocycles. The van der Waals surface area contributed by atoms with Crippen LogP contribution >= 0.6 is 15.9 Å². The second-order valence-electron chi connectivity index (χ2n) is 4.39. The summed E-state index contributed by atoms with van der Waals surface area (Å²) in [5.41, 5.74) is 3.94. The number of nitrogens with one attached hydrogen (secondary N) is 2. The SMILES string of the molecule is CNCc1[nH]c2cc(Br)ccc2c1C(C)C. The summed E-state index contributed by atoms with van der Waals surface area (Å²) >= 11 is 3.51. The Bertz CT molecular complexity index is 500. The van der Waals surface area contributed by atoms with Gasteiger partial charge in [-0.25, -0.2) is 0 Å². The van der Waals surface area contributed by atoms with Crippen molar-refractivity contribution >= 4 is 26.8 Å². The van der Waals surface area contributed by atoms with Gasteiger partial charge >= 0.3 is 0 Å². The average molecular weight is 281 g/mol. The Kier molecular flexibility index (Phi) is 3.36. The molecule has 0 fully saturated rings. The molecular weight excluding hydrogens is 264 g/mol. The van der Waals surface area contributed by atoms with Crippen LogP contribution in [-0.4, -0.2) is 12.0 Å². The van der Waals surface area contributed by atoms with Gasteiger partial charge in [-0.1, -0.05) is 35.8 Å². The van der Waals surface area contributed by atoms with Gasteiger partial charge in [-0.05, 0) is 30.7 Å². The summed E-state index contributed by atoms with van der Waals surface area (Å²) in [6.45, 7) is 5.37. The van der Waals surface area contributed by atoms with E-state index in [0.717, 1.165) is 11.0 Å². The van der Waals surface area contributed by atoms with Gasteiger partial charge in [0.2, 0.25) is 0 Å². The van der Waals surface area contributed by atoms with Crippen LogP contribution in [0, 0.1) is 0 Å². The average Bonchev–Trinajstić information content (AvgIpc) is 2.55. The van der Waals surface area contributed by atoms with Crippen LogP contribution in [0.2, 0.25) is 0 Å². The summed E-state index contributed by atoms with van der Waals surface area (Å²) < 4.78 is 1.12. The van der Waals surface area contributed by atoms with Gasteiger partial charge < -0.3 is 10.3 Å². The van der Waals surface area contributed by atoms with Crippen LogP contribution in [0.3, 0.4) is 0 Å². The number of fused-ring (bicyclic) bond motifs is 1. The van der Waals surface area contributed by atoms with Crippen molar-refractivity contribution in [3.63, 3.8) is 0 Å². The van der Waals surface area contributed by atoms with Gasteiger partial charge in [-0.15, -0.1) is 0 Å². The monoisotopic (exact) mass is 280 g/mol. The van der Waals surface area contributed by atoms with Gasteiger partial charge in [0, 0.05) is 27.6 Å². The second-order valence-corrected chi connectivity index (χ2v) is 5.31. The van der Waals surface area contributed by atoms with E-state index in [1.807, 2.05) is 7.05 Å². The van der Waals surface area contributed by atoms with Gasteiger partial charge in [0.1, 0.15) is 0 Å². The summed E-state index contributed by atoms with van der Waals surface area (Å²) in [6.07, 6.45) is 0. The third kappa shape index (κ3) is 2.02. The Balaban J connectivity index is 2.65. The lowest BCUT2D eigenvalue weighted by atomic mass is 9.99. The summed E-state index contributed by atoms with van der Waals surface area (Å²) in [5, 5.41) is 4.55. The van der Waals surface area contributed by atoms with E-state index in [-0.39, 0.29) is 0 Å². The molecule has 86 valence electrons. The molecule has 0 atom stereocenters. The highest BCUT2D eigenvalue weighted by molar-refractivity contribution is 9.10. The molecule has 2 nitrogen and oxygen atoms in total. The van der Waals surface area contributed by atoms with E-state index in [4.69, 9.17) is 0 Å². The van der Waals surface area contributed by atoms with Crippen LogP contribution in [0.1, 0.15) is 31.0 Å². The molecule has 16 heavy (non-hydrogen) atoms. The zero-order chi connectivity index (χ0) is 11.7. The van der Waals surface area contributed by atoms with E-state index in [9.17, 15) is 0 Å². The minimum atomic E-state index is 0.540. The van der Waals surface area contributed by atoms with Crippen molar-refractivity contribution in [2.45, 2.75) is 26.3 Å². The van der Waals surface area contributed by atoms with Gasteiger partial charge in [-0.2, -0.15) is 0 Å². The molecule has 0 aliphatic heterocycles. The number of halogens is 1. The fraction of sp³-hybridized carbons (Fsp3) is 0.385. The highest BCUT2D eigenvalue weighted by Gasteiger charge is 2.13. The van der Waals surface area contributed by atoms with Crippen LogP contribution < -0.4 is 5.32 Å². The molecule has 0 radical (unpaired) electrons. The number of rotatable bonds is 3. The molecule has 0 spiro atoms. The number of aromatic amines is 1. The van der Waals surface area contributed by atoms with E-state index in [0.29, 0.717) is 5.92 Å². The van der Waals surface area contributed by atoms with Crippen LogP contribution in [-0.2, 0) is 6.54 Å². The van der Waals surface area contributed by atoms with E-state index in [1.165, 1.54) is 22.2 Å². The fourth-order valence-electron chi connectivity index (χ4n) is 2.22. The molecule has 0 amide bonds. The summed E-state index contributed by atoms with van der Waals surface area (Å²) in [7, 11) is 1.98. The Hall–Kier alpha value is -0.800. The molecule has 2 N–H and O–H groups in total. The zero-order valence-corrected chi connectivity index (χ0v) is 11.5. The highest BCUT2D eigenvalue weighted by Crippen LogP contribution is 2.30. The molecule has 0 saturated heterocycles. The molecule has 0 aliphatic rings. The molecule has 0 unspecified atom stereocenters. The lowest BCUT2D eigenvalue weighted by Gasteiger charge is -2.07. The van der Waals surface area contributed by atoms with E-state index < -0.39 is 0 Å². The molecule has 2 aromatic rings. The largest absolute Gasteiger partial charge is 0.357 e. The first kappa shape index (κ1) is 11.7. The maximum atomic E-state index is 3.51. The van der Waals surface area contributed by atoms with Gasteiger partial charge in [-0.3, -0.25) is 0 Å². The Morgan fingerprint density at radius 2 is 2.12 bits per heavy atom. The normalized spacial score (nSPS) is 11.6. The molecule has 3 heteroatoms. The van der Waals surface area contributed by atoms with Crippen molar-refractivity contribution in [2.75, 3.05) is 7.05 Å². The lowest BCUT2D eigenvalue weighted by molar-refractivity contribution is 0.765. The zero-order valence-electron chi connectivity index (χ0n) is 9.89. The van der Waals surface area contributed by atoms with Crippen molar-refractivity contribution in [2.24, 2.45) is 0 Å². The van der Waals surface area contributed by atoms with Crippen molar-refractivity contribution in [1.82, 2.24) is 10.3 Å². The fourth-order valence-corrected chi connectivity index (χ4v) is 2.58. The van der Waals surface area contributed by atoms with Crippen LogP contribution in [0.25, 0.3) is 10.9 Å². The molecule has 0 saturated carbocycles. The van der Waals surface area contributed by atoms with E-state index in [1.54, 1.807) is 0 Å². The van der Waals surface area contributed by atoms with Crippen molar-refractivity contribution < 1.29 is 0 Å². The Labute approximate surface area is 105 Å². The first-order valence-electron chi connectivity index (χ1n) is 5.58. The standard InChI is InChI=1S/C13H17BrN2/c1-8(2)13-10-5-4-9(14)6-11(10)16-12(13)7-15-3/h4-6,8,15-16H,7H2,1-3H3. The number of H-pyrrole nitrogens is 1. The maximum Gasteiger partial charge on any atom is 0.0470 e. The number of hydrogen-bond acceptors (Lipinski definition) is 1. The minimum absolute atomic E-state index is 0.540. The predicted octanol–water partition coefficient (Wildman–Crippen LogP) is 3.77. The second kappa shape index (κ2) is 4.60. The van der Waals surface area contributed by atoms with Crippen molar-refractivity contribution in [1.29, 1.82) is 0 Å². The molecule has 1 heterocycles. The number of aromatic nitrogens is 1. The van der Waals surface area contributed by atoms with E-state index in [2.05, 4.69) is 58.3 Å². The maximum absolute atomic E-state index is 3.51. The summed E-state index contributed by atoms with van der Waals surface area (Å²) in [6, 6.07) is 6.43. The van der Waals surface area contributed by atoms with Gasteiger partial charge in [0.15, 0.2) is 0 Å².